The van der Waals surface area contributed by atoms with Crippen molar-refractivity contribution >= 4 is 43.5 Å². The molecule has 1 heterocycles. The lowest BCUT2D eigenvalue weighted by molar-refractivity contribution is 0.0892. The summed E-state index contributed by atoms with van der Waals surface area (Å²) in [5.41, 5.74) is 1.40. The quantitative estimate of drug-likeness (QED) is 0.641. The molecule has 0 amide bonds. The van der Waals surface area contributed by atoms with Gasteiger partial charge in [-0.25, -0.2) is 0 Å². The zero-order valence-corrected chi connectivity index (χ0v) is 14.1. The van der Waals surface area contributed by atoms with Crippen LogP contribution in [0.2, 0.25) is 5.02 Å². The van der Waals surface area contributed by atoms with Crippen LogP contribution in [0.1, 0.15) is 24.8 Å². The molecule has 0 spiro atoms. The van der Waals surface area contributed by atoms with Gasteiger partial charge in [0.25, 0.3) is 0 Å². The van der Waals surface area contributed by atoms with Crippen molar-refractivity contribution in [3.63, 3.8) is 0 Å². The second-order valence-electron chi connectivity index (χ2n) is 4.89. The summed E-state index contributed by atoms with van der Waals surface area (Å²) in [6, 6.07) is 8.18. The summed E-state index contributed by atoms with van der Waals surface area (Å²) >= 11 is 13.3. The average molecular weight is 397 g/mol. The van der Waals surface area contributed by atoms with Crippen LogP contribution in [-0.4, -0.2) is 23.4 Å². The van der Waals surface area contributed by atoms with E-state index >= 15 is 0 Å². The van der Waals surface area contributed by atoms with Gasteiger partial charge in [0, 0.05) is 27.7 Å². The Morgan fingerprint density at radius 1 is 1.22 bits per heavy atom. The Kier molecular flexibility index (Phi) is 5.55. The van der Waals surface area contributed by atoms with E-state index in [-0.39, 0.29) is 5.41 Å². The predicted molar refractivity (Wildman–Crippen MR) is 84.3 cm³/mol. The molecule has 0 bridgehead atoms. The van der Waals surface area contributed by atoms with Gasteiger partial charge in [-0.1, -0.05) is 55.6 Å². The summed E-state index contributed by atoms with van der Waals surface area (Å²) < 4.78 is 5.79. The van der Waals surface area contributed by atoms with Crippen LogP contribution >= 0.6 is 43.5 Å². The molecule has 1 aliphatic rings. The van der Waals surface area contributed by atoms with E-state index in [9.17, 15) is 0 Å². The highest BCUT2D eigenvalue weighted by molar-refractivity contribution is 9.09. The lowest BCUT2D eigenvalue weighted by atomic mass is 9.79. The third kappa shape index (κ3) is 3.30. The molecule has 1 aromatic rings. The Hall–Kier alpha value is 0.430. The third-order valence-electron chi connectivity index (χ3n) is 3.61. The molecule has 1 fully saturated rings. The maximum Gasteiger partial charge on any atom is 0.0585 e. The summed E-state index contributed by atoms with van der Waals surface area (Å²) in [4.78, 5) is 0. The van der Waals surface area contributed by atoms with Gasteiger partial charge in [-0.15, -0.1) is 0 Å². The minimum atomic E-state index is 0.0829. The zero-order chi connectivity index (χ0) is 13.0. The van der Waals surface area contributed by atoms with Crippen molar-refractivity contribution < 1.29 is 4.74 Å². The fourth-order valence-electron chi connectivity index (χ4n) is 2.46. The molecule has 18 heavy (non-hydrogen) atoms. The normalized spacial score (nSPS) is 20.3. The molecule has 0 N–H and O–H groups in total. The van der Waals surface area contributed by atoms with Crippen LogP contribution in [0.25, 0.3) is 0 Å². The van der Waals surface area contributed by atoms with Crippen molar-refractivity contribution in [2.24, 2.45) is 0 Å². The maximum atomic E-state index is 5.97. The Morgan fingerprint density at radius 3 is 2.39 bits per heavy atom. The van der Waals surface area contributed by atoms with Crippen LogP contribution in [0.15, 0.2) is 24.3 Å². The van der Waals surface area contributed by atoms with Crippen LogP contribution in [-0.2, 0) is 10.2 Å². The van der Waals surface area contributed by atoms with E-state index in [0.717, 1.165) is 28.7 Å². The van der Waals surface area contributed by atoms with Gasteiger partial charge in [0.1, 0.15) is 0 Å². The molecule has 1 aliphatic heterocycles. The Morgan fingerprint density at radius 2 is 1.89 bits per heavy atom. The maximum absolute atomic E-state index is 5.97. The number of ether oxygens (including phenoxy) is 1. The van der Waals surface area contributed by atoms with Crippen LogP contribution < -0.4 is 0 Å². The molecule has 1 unspecified atom stereocenters. The molecule has 1 saturated heterocycles. The first-order chi connectivity index (χ1) is 8.70. The predicted octanol–water partition coefficient (Wildman–Crippen LogP) is 4.94. The van der Waals surface area contributed by atoms with Gasteiger partial charge < -0.3 is 4.74 Å². The van der Waals surface area contributed by atoms with E-state index in [1.54, 1.807) is 0 Å². The fraction of sp³-hybridized carbons (Fsp3) is 0.571. The first-order valence-corrected chi connectivity index (χ1v) is 8.82. The molecule has 0 radical (unpaired) electrons. The summed E-state index contributed by atoms with van der Waals surface area (Å²) in [6.45, 7) is 0.909. The summed E-state index contributed by atoms with van der Waals surface area (Å²) in [6.07, 6.45) is 3.79. The first kappa shape index (κ1) is 14.8. The lowest BCUT2D eigenvalue weighted by Gasteiger charge is -2.33. The molecule has 1 aromatic carbocycles. The zero-order valence-electron chi connectivity index (χ0n) is 10.2. The van der Waals surface area contributed by atoms with Gasteiger partial charge in [-0.05, 0) is 37.0 Å². The van der Waals surface area contributed by atoms with Crippen LogP contribution in [0.4, 0.5) is 0 Å². The van der Waals surface area contributed by atoms with Gasteiger partial charge in [-0.2, -0.15) is 0 Å². The van der Waals surface area contributed by atoms with Crippen LogP contribution in [0.3, 0.4) is 0 Å². The van der Waals surface area contributed by atoms with Crippen molar-refractivity contribution in [1.29, 1.82) is 0 Å². The van der Waals surface area contributed by atoms with Crippen LogP contribution in [0.5, 0.6) is 0 Å². The second kappa shape index (κ2) is 6.74. The standard InChI is InChI=1S/C14H17Br2ClO/c15-9-14(10-16,8-13-2-1-7-18-13)11-3-5-12(17)6-4-11/h3-6,13H,1-2,7-10H2. The summed E-state index contributed by atoms with van der Waals surface area (Å²) in [5.74, 6) is 0. The van der Waals surface area contributed by atoms with Crippen LogP contribution in [0, 0.1) is 0 Å². The number of rotatable bonds is 5. The SMILES string of the molecule is Clc1ccc(C(CBr)(CBr)CC2CCCO2)cc1. The third-order valence-corrected chi connectivity index (χ3v) is 6.01. The van der Waals surface area contributed by atoms with E-state index < -0.39 is 0 Å². The van der Waals surface area contributed by atoms with Gasteiger partial charge in [0.05, 0.1) is 6.10 Å². The van der Waals surface area contributed by atoms with Crippen molar-refractivity contribution in [3.8, 4) is 0 Å². The number of alkyl halides is 2. The number of hydrogen-bond donors (Lipinski definition) is 0. The Balaban J connectivity index is 2.21. The number of benzene rings is 1. The first-order valence-electron chi connectivity index (χ1n) is 6.20. The minimum absolute atomic E-state index is 0.0829. The van der Waals surface area contributed by atoms with Gasteiger partial charge in [0.15, 0.2) is 0 Å². The minimum Gasteiger partial charge on any atom is -0.378 e. The molecular formula is C14H17Br2ClO. The van der Waals surface area contributed by atoms with E-state index in [4.69, 9.17) is 16.3 Å². The van der Waals surface area contributed by atoms with E-state index in [2.05, 4.69) is 44.0 Å². The van der Waals surface area contributed by atoms with E-state index in [1.807, 2.05) is 12.1 Å². The Bertz CT molecular complexity index is 370. The summed E-state index contributed by atoms with van der Waals surface area (Å²) in [5, 5.41) is 2.63. The monoisotopic (exact) mass is 394 g/mol. The molecule has 2 rings (SSSR count). The molecule has 0 aliphatic carbocycles. The molecule has 4 heteroatoms. The molecule has 1 atom stereocenters. The second-order valence-corrected chi connectivity index (χ2v) is 6.45. The van der Waals surface area contributed by atoms with Crippen molar-refractivity contribution in [1.82, 2.24) is 0 Å². The Labute approximate surface area is 130 Å². The molecule has 0 aromatic heterocycles. The smallest absolute Gasteiger partial charge is 0.0585 e. The van der Waals surface area contributed by atoms with Gasteiger partial charge >= 0.3 is 0 Å². The van der Waals surface area contributed by atoms with E-state index in [1.165, 1.54) is 18.4 Å². The van der Waals surface area contributed by atoms with Crippen molar-refractivity contribution in [2.75, 3.05) is 17.3 Å². The van der Waals surface area contributed by atoms with Gasteiger partial charge in [0.2, 0.25) is 0 Å². The molecule has 1 nitrogen and oxygen atoms in total. The molecular weight excluding hydrogens is 379 g/mol. The number of halogens is 3. The highest BCUT2D eigenvalue weighted by Crippen LogP contribution is 2.37. The highest BCUT2D eigenvalue weighted by Gasteiger charge is 2.34. The largest absolute Gasteiger partial charge is 0.378 e. The molecule has 100 valence electrons. The van der Waals surface area contributed by atoms with Gasteiger partial charge in [-0.3, -0.25) is 0 Å². The molecule has 0 saturated carbocycles. The average Bonchev–Trinajstić information content (AvgIpc) is 2.90. The number of hydrogen-bond acceptors (Lipinski definition) is 1. The van der Waals surface area contributed by atoms with E-state index in [0.29, 0.717) is 6.10 Å². The highest BCUT2D eigenvalue weighted by atomic mass is 79.9. The van der Waals surface area contributed by atoms with Crippen molar-refractivity contribution in [2.45, 2.75) is 30.8 Å². The van der Waals surface area contributed by atoms with Crippen molar-refractivity contribution in [3.05, 3.63) is 34.9 Å². The summed E-state index contributed by atoms with van der Waals surface area (Å²) in [7, 11) is 0. The lowest BCUT2D eigenvalue weighted by Crippen LogP contribution is -2.34. The topological polar surface area (TPSA) is 9.23 Å². The fourth-order valence-corrected chi connectivity index (χ4v) is 4.62.